The van der Waals surface area contributed by atoms with Gasteiger partial charge < -0.3 is 19.8 Å². The highest BCUT2D eigenvalue weighted by Crippen LogP contribution is 2.38. The van der Waals surface area contributed by atoms with E-state index in [1.54, 1.807) is 24.4 Å². The number of fused-ring (bicyclic) bond motifs is 4. The maximum absolute atomic E-state index is 14.6. The Labute approximate surface area is 233 Å². The van der Waals surface area contributed by atoms with Crippen LogP contribution >= 0.6 is 11.6 Å². The number of benzene rings is 2. The molecule has 5 rings (SSSR count). The zero-order valence-electron chi connectivity index (χ0n) is 21.4. The van der Waals surface area contributed by atoms with Crippen LogP contribution in [0.4, 0.5) is 29.7 Å². The molecule has 2 bridgehead atoms. The molecule has 3 aromatic rings. The molecule has 2 aliphatic heterocycles. The summed E-state index contributed by atoms with van der Waals surface area (Å²) in [6.45, 7) is 0.162. The smallest absolute Gasteiger partial charge is 0.411 e. The molecule has 210 valence electrons. The fraction of sp³-hybridized carbons (Fsp3) is 0.333. The third-order valence-corrected chi connectivity index (χ3v) is 7.23. The third kappa shape index (κ3) is 5.57. The van der Waals surface area contributed by atoms with Crippen molar-refractivity contribution in [3.05, 3.63) is 64.6 Å². The van der Waals surface area contributed by atoms with Gasteiger partial charge in [-0.05, 0) is 43.2 Å². The summed E-state index contributed by atoms with van der Waals surface area (Å²) in [6.07, 6.45) is 1.14. The average Bonchev–Trinajstić information content (AvgIpc) is 3.41. The van der Waals surface area contributed by atoms with E-state index in [2.05, 4.69) is 20.4 Å². The van der Waals surface area contributed by atoms with Crippen LogP contribution in [0.2, 0.25) is 5.02 Å². The topological polar surface area (TPSA) is 126 Å². The lowest BCUT2D eigenvalue weighted by molar-refractivity contribution is -0.116. The lowest BCUT2D eigenvalue weighted by Gasteiger charge is -2.36. The second-order valence-electron chi connectivity index (χ2n) is 9.47. The minimum absolute atomic E-state index is 0.144. The van der Waals surface area contributed by atoms with E-state index >= 15 is 0 Å². The Morgan fingerprint density at radius 3 is 2.80 bits per heavy atom. The number of anilines is 2. The first kappa shape index (κ1) is 27.4. The van der Waals surface area contributed by atoms with Crippen molar-refractivity contribution in [3.63, 3.8) is 0 Å². The van der Waals surface area contributed by atoms with Gasteiger partial charge in [0.25, 0.3) is 0 Å². The van der Waals surface area contributed by atoms with E-state index in [4.69, 9.17) is 21.3 Å². The third-order valence-electron chi connectivity index (χ3n) is 6.93. The standard InChI is InChI=1S/C27H26ClF2N5O5/c1-39-26(37)32-14-6-7-15-18(12-14)33-22(36)5-3-2-4-20(25-31-13-19(15)34-25)35-11-10-21(40-27(35)38)23-17(29)9-8-16(28)24(23)30/h6-9,12-13,20-21H,2-5,10-11H2,1H3,(H,31,34)(H,32,37)(H,33,36)/t20-,21+/m0/s1. The molecule has 0 spiro atoms. The molecule has 10 nitrogen and oxygen atoms in total. The van der Waals surface area contributed by atoms with Crippen molar-refractivity contribution in [3.8, 4) is 11.3 Å². The van der Waals surface area contributed by atoms with Gasteiger partial charge in [-0.2, -0.15) is 0 Å². The van der Waals surface area contributed by atoms with Crippen LogP contribution in [0.3, 0.4) is 0 Å². The highest BCUT2D eigenvalue weighted by atomic mass is 35.5. The summed E-state index contributed by atoms with van der Waals surface area (Å²) in [4.78, 5) is 46.8. The van der Waals surface area contributed by atoms with E-state index in [0.717, 1.165) is 12.1 Å². The normalized spacial score (nSPS) is 19.4. The molecule has 2 aliphatic rings. The number of nitrogens with zero attached hydrogens (tertiary/aromatic N) is 2. The Balaban J connectivity index is 1.43. The second-order valence-corrected chi connectivity index (χ2v) is 9.88. The van der Waals surface area contributed by atoms with Crippen LogP contribution in [0.15, 0.2) is 36.5 Å². The minimum Gasteiger partial charge on any atom is -0.453 e. The number of hydrogen-bond acceptors (Lipinski definition) is 6. The molecule has 40 heavy (non-hydrogen) atoms. The number of hydrogen-bond donors (Lipinski definition) is 3. The number of carbonyl (C=O) groups is 3. The summed E-state index contributed by atoms with van der Waals surface area (Å²) in [5.41, 5.74) is 1.60. The number of aromatic amines is 1. The van der Waals surface area contributed by atoms with Crippen molar-refractivity contribution in [2.75, 3.05) is 24.3 Å². The largest absolute Gasteiger partial charge is 0.453 e. The van der Waals surface area contributed by atoms with Crippen molar-refractivity contribution in [2.24, 2.45) is 0 Å². The first-order chi connectivity index (χ1) is 19.2. The highest BCUT2D eigenvalue weighted by molar-refractivity contribution is 6.30. The Hall–Kier alpha value is -4.19. The molecule has 0 aliphatic carbocycles. The number of methoxy groups -OCH3 is 1. The Morgan fingerprint density at radius 1 is 1.20 bits per heavy atom. The van der Waals surface area contributed by atoms with Crippen LogP contribution in [-0.4, -0.2) is 46.6 Å². The number of H-pyrrole nitrogens is 1. The SMILES string of the molecule is COC(=O)Nc1ccc2c(c1)NC(=O)CCCC[C@H](N1CC[C@H](c3c(F)ccc(Cl)c3F)OC1=O)c1nc-2c[nH]1. The Kier molecular flexibility index (Phi) is 7.88. The molecule has 0 unspecified atom stereocenters. The van der Waals surface area contributed by atoms with Crippen LogP contribution in [-0.2, 0) is 14.3 Å². The van der Waals surface area contributed by atoms with E-state index in [0.29, 0.717) is 47.7 Å². The number of rotatable bonds is 3. The molecule has 0 radical (unpaired) electrons. The van der Waals surface area contributed by atoms with Crippen molar-refractivity contribution in [1.82, 2.24) is 14.9 Å². The number of nitrogens with one attached hydrogen (secondary N) is 3. The molecule has 2 atom stereocenters. The molecule has 1 aromatic heterocycles. The summed E-state index contributed by atoms with van der Waals surface area (Å²) < 4.78 is 39.2. The predicted octanol–water partition coefficient (Wildman–Crippen LogP) is 6.32. The fourth-order valence-corrected chi connectivity index (χ4v) is 5.12. The summed E-state index contributed by atoms with van der Waals surface area (Å²) in [5, 5.41) is 5.20. The quantitative estimate of drug-likeness (QED) is 0.315. The van der Waals surface area contributed by atoms with Crippen LogP contribution in [0, 0.1) is 11.6 Å². The molecule has 1 saturated heterocycles. The van der Waals surface area contributed by atoms with Gasteiger partial charge in [-0.3, -0.25) is 15.0 Å². The number of amides is 3. The van der Waals surface area contributed by atoms with E-state index in [1.165, 1.54) is 12.0 Å². The number of carbonyl (C=O) groups excluding carboxylic acids is 3. The molecular formula is C27H26ClF2N5O5. The van der Waals surface area contributed by atoms with Gasteiger partial charge in [-0.1, -0.05) is 18.0 Å². The first-order valence-corrected chi connectivity index (χ1v) is 13.1. The van der Waals surface area contributed by atoms with Crippen molar-refractivity contribution in [2.45, 2.75) is 44.2 Å². The van der Waals surface area contributed by atoms with Gasteiger partial charge in [0.15, 0.2) is 5.82 Å². The van der Waals surface area contributed by atoms with Crippen molar-refractivity contribution >= 4 is 41.1 Å². The lowest BCUT2D eigenvalue weighted by atomic mass is 10.0. The maximum atomic E-state index is 14.6. The molecule has 3 N–H and O–H groups in total. The first-order valence-electron chi connectivity index (χ1n) is 12.7. The van der Waals surface area contributed by atoms with Crippen molar-refractivity contribution < 1.29 is 32.6 Å². The Morgan fingerprint density at radius 2 is 2.02 bits per heavy atom. The van der Waals surface area contributed by atoms with Gasteiger partial charge in [0, 0.05) is 36.8 Å². The minimum atomic E-state index is -1.12. The molecule has 3 amide bonds. The van der Waals surface area contributed by atoms with Gasteiger partial charge >= 0.3 is 12.2 Å². The van der Waals surface area contributed by atoms with Crippen molar-refractivity contribution in [1.29, 1.82) is 0 Å². The zero-order chi connectivity index (χ0) is 28.4. The number of cyclic esters (lactones) is 1. The summed E-state index contributed by atoms with van der Waals surface area (Å²) in [7, 11) is 1.25. The van der Waals surface area contributed by atoms with Crippen LogP contribution < -0.4 is 10.6 Å². The maximum Gasteiger partial charge on any atom is 0.411 e. The van der Waals surface area contributed by atoms with Gasteiger partial charge in [0.2, 0.25) is 5.91 Å². The summed E-state index contributed by atoms with van der Waals surface area (Å²) >= 11 is 5.83. The molecular weight excluding hydrogens is 548 g/mol. The molecule has 2 aromatic carbocycles. The van der Waals surface area contributed by atoms with E-state index < -0.39 is 36.0 Å². The molecule has 1 fully saturated rings. The molecule has 0 saturated carbocycles. The second kappa shape index (κ2) is 11.5. The average molecular weight is 574 g/mol. The van der Waals surface area contributed by atoms with Crippen LogP contribution in [0.5, 0.6) is 0 Å². The van der Waals surface area contributed by atoms with Gasteiger partial charge in [0.05, 0.1) is 35.1 Å². The number of imidazole rings is 1. The van der Waals surface area contributed by atoms with Crippen LogP contribution in [0.25, 0.3) is 11.3 Å². The van der Waals surface area contributed by atoms with E-state index in [1.807, 2.05) is 0 Å². The monoisotopic (exact) mass is 573 g/mol. The van der Waals surface area contributed by atoms with Crippen LogP contribution in [0.1, 0.15) is 55.6 Å². The number of aromatic nitrogens is 2. The fourth-order valence-electron chi connectivity index (χ4n) is 4.96. The predicted molar refractivity (Wildman–Crippen MR) is 142 cm³/mol. The zero-order valence-corrected chi connectivity index (χ0v) is 22.2. The van der Waals surface area contributed by atoms with Gasteiger partial charge in [0.1, 0.15) is 17.7 Å². The highest BCUT2D eigenvalue weighted by Gasteiger charge is 2.37. The van der Waals surface area contributed by atoms with Gasteiger partial charge in [-0.25, -0.2) is 23.4 Å². The molecule has 3 heterocycles. The summed E-state index contributed by atoms with van der Waals surface area (Å²) in [5.74, 6) is -1.50. The lowest BCUT2D eigenvalue weighted by Crippen LogP contribution is -2.42. The van der Waals surface area contributed by atoms with E-state index in [-0.39, 0.29) is 35.9 Å². The van der Waals surface area contributed by atoms with Gasteiger partial charge in [-0.15, -0.1) is 0 Å². The number of halogens is 3. The van der Waals surface area contributed by atoms with E-state index in [9.17, 15) is 23.2 Å². The number of ether oxygens (including phenoxy) is 2. The molecule has 13 heteroatoms. The Bertz CT molecular complexity index is 1470. The summed E-state index contributed by atoms with van der Waals surface area (Å²) in [6, 6.07) is 6.59.